The molecule has 0 unspecified atom stereocenters. The molecule has 0 radical (unpaired) electrons. The largest absolute Gasteiger partial charge is 0.573 e. The first-order valence-corrected chi connectivity index (χ1v) is 12.1. The summed E-state index contributed by atoms with van der Waals surface area (Å²) >= 11 is 1.10. The number of carbonyl (C=O) groups is 2. The van der Waals surface area contributed by atoms with Crippen molar-refractivity contribution in [3.8, 4) is 16.5 Å². The number of nitrogens with one attached hydrogen (secondary N) is 2. The lowest BCUT2D eigenvalue weighted by molar-refractivity contribution is -0.274. The van der Waals surface area contributed by atoms with Gasteiger partial charge >= 0.3 is 6.36 Å². The number of hydrogen-bond donors (Lipinski definition) is 2. The third-order valence-electron chi connectivity index (χ3n) is 5.56. The van der Waals surface area contributed by atoms with E-state index < -0.39 is 23.9 Å². The molecule has 2 N–H and O–H groups in total. The van der Waals surface area contributed by atoms with Gasteiger partial charge in [-0.1, -0.05) is 17.4 Å². The number of nitrogens with zero attached hydrogens (tertiary/aromatic N) is 5. The Bertz CT molecular complexity index is 1280. The Morgan fingerprint density at radius 1 is 1.11 bits per heavy atom. The van der Waals surface area contributed by atoms with Crippen LogP contribution >= 0.6 is 11.3 Å². The second kappa shape index (κ2) is 11.2. The molecular formula is C23H24F3N7O3S. The van der Waals surface area contributed by atoms with Crippen molar-refractivity contribution in [2.75, 3.05) is 50.4 Å². The van der Waals surface area contributed by atoms with E-state index in [-0.39, 0.29) is 22.9 Å². The molecular weight excluding hydrogens is 511 g/mol. The predicted molar refractivity (Wildman–Crippen MR) is 132 cm³/mol. The summed E-state index contributed by atoms with van der Waals surface area (Å²) in [5.74, 6) is -1.79. The van der Waals surface area contributed by atoms with Gasteiger partial charge in [0.2, 0.25) is 11.0 Å². The van der Waals surface area contributed by atoms with E-state index in [2.05, 4.69) is 35.5 Å². The van der Waals surface area contributed by atoms with Crippen LogP contribution < -0.4 is 15.4 Å². The summed E-state index contributed by atoms with van der Waals surface area (Å²) in [5, 5.41) is 13.7. The lowest BCUT2D eigenvalue weighted by Crippen LogP contribution is -2.47. The van der Waals surface area contributed by atoms with E-state index in [1.807, 2.05) is 24.9 Å². The van der Waals surface area contributed by atoms with Crippen LogP contribution in [-0.2, 0) is 4.79 Å². The number of likely N-dealkylation sites (N-methyl/N-ethyl adjacent to an activating group) is 1. The Kier molecular flexibility index (Phi) is 8.00. The number of aromatic nitrogens is 3. The molecule has 1 aliphatic heterocycles. The predicted octanol–water partition coefficient (Wildman–Crippen LogP) is 3.25. The first-order valence-electron chi connectivity index (χ1n) is 11.2. The first kappa shape index (κ1) is 26.4. The summed E-state index contributed by atoms with van der Waals surface area (Å²) in [4.78, 5) is 33.7. The van der Waals surface area contributed by atoms with E-state index in [9.17, 15) is 22.8 Å². The number of ether oxygens (including phenoxy) is 1. The zero-order valence-electron chi connectivity index (χ0n) is 20.0. The van der Waals surface area contributed by atoms with Gasteiger partial charge in [0.05, 0.1) is 12.2 Å². The van der Waals surface area contributed by atoms with E-state index >= 15 is 0 Å². The number of anilines is 2. The van der Waals surface area contributed by atoms with E-state index in [1.54, 1.807) is 12.3 Å². The number of alkyl halides is 3. The third-order valence-corrected chi connectivity index (χ3v) is 6.41. The fraction of sp³-hybridized carbons (Fsp3) is 0.348. The van der Waals surface area contributed by atoms with Crippen molar-refractivity contribution in [1.82, 2.24) is 25.0 Å². The van der Waals surface area contributed by atoms with E-state index in [1.165, 1.54) is 0 Å². The van der Waals surface area contributed by atoms with Crippen molar-refractivity contribution in [2.24, 2.45) is 0 Å². The van der Waals surface area contributed by atoms with Gasteiger partial charge in [0.15, 0.2) is 10.8 Å². The van der Waals surface area contributed by atoms with Crippen LogP contribution in [0, 0.1) is 6.92 Å². The Morgan fingerprint density at radius 2 is 1.86 bits per heavy atom. The summed E-state index contributed by atoms with van der Waals surface area (Å²) in [6, 6.07) is 6.93. The highest BCUT2D eigenvalue weighted by molar-refractivity contribution is 7.18. The van der Waals surface area contributed by atoms with Gasteiger partial charge in [0, 0.05) is 37.9 Å². The van der Waals surface area contributed by atoms with Crippen molar-refractivity contribution in [3.05, 3.63) is 47.7 Å². The molecule has 0 spiro atoms. The average Bonchev–Trinajstić information content (AvgIpc) is 3.29. The number of aryl methyl sites for hydroxylation is 1. The smallest absolute Gasteiger partial charge is 0.404 e. The highest BCUT2D eigenvalue weighted by Gasteiger charge is 2.33. The van der Waals surface area contributed by atoms with Crippen molar-refractivity contribution < 1.29 is 27.5 Å². The van der Waals surface area contributed by atoms with Crippen LogP contribution in [0.3, 0.4) is 0 Å². The van der Waals surface area contributed by atoms with Crippen LogP contribution in [0.4, 0.5) is 24.0 Å². The molecule has 1 fully saturated rings. The SMILES string of the molecule is Cc1cccnc1-c1nnc(NC(=O)c2ccc(OC(F)(F)F)c(NC(=O)CN3CCN(C)CC3)c2)s1. The van der Waals surface area contributed by atoms with E-state index in [4.69, 9.17) is 0 Å². The van der Waals surface area contributed by atoms with Crippen LogP contribution in [0.15, 0.2) is 36.5 Å². The van der Waals surface area contributed by atoms with Gasteiger partial charge in [-0.25, -0.2) is 0 Å². The van der Waals surface area contributed by atoms with Crippen LogP contribution in [0.2, 0.25) is 0 Å². The monoisotopic (exact) mass is 535 g/mol. The van der Waals surface area contributed by atoms with Gasteiger partial charge < -0.3 is 15.0 Å². The second-order valence-electron chi connectivity index (χ2n) is 8.42. The minimum absolute atomic E-state index is 0.00375. The molecule has 37 heavy (non-hydrogen) atoms. The molecule has 0 aliphatic carbocycles. The fourth-order valence-electron chi connectivity index (χ4n) is 3.63. The maximum Gasteiger partial charge on any atom is 0.573 e. The number of carbonyl (C=O) groups excluding carboxylic acids is 2. The highest BCUT2D eigenvalue weighted by Crippen LogP contribution is 2.32. The Hall–Kier alpha value is -3.62. The second-order valence-corrected chi connectivity index (χ2v) is 9.40. The number of hydrogen-bond acceptors (Lipinski definition) is 9. The molecule has 2 aromatic heterocycles. The zero-order chi connectivity index (χ0) is 26.6. The van der Waals surface area contributed by atoms with E-state index in [0.717, 1.165) is 48.2 Å². The normalized spacial score (nSPS) is 14.8. The summed E-state index contributed by atoms with van der Waals surface area (Å²) in [5.41, 5.74) is 1.23. The molecule has 10 nitrogen and oxygen atoms in total. The molecule has 4 rings (SSSR count). The maximum absolute atomic E-state index is 12.9. The van der Waals surface area contributed by atoms with Crippen LogP contribution in [0.25, 0.3) is 10.7 Å². The summed E-state index contributed by atoms with van der Waals surface area (Å²) in [7, 11) is 1.97. The maximum atomic E-state index is 12.9. The van der Waals surface area contributed by atoms with Gasteiger partial charge in [-0.15, -0.1) is 23.4 Å². The van der Waals surface area contributed by atoms with Crippen LogP contribution in [0.1, 0.15) is 15.9 Å². The number of benzene rings is 1. The van der Waals surface area contributed by atoms with Crippen molar-refractivity contribution in [1.29, 1.82) is 0 Å². The zero-order valence-corrected chi connectivity index (χ0v) is 20.8. The summed E-state index contributed by atoms with van der Waals surface area (Å²) < 4.78 is 42.9. The minimum atomic E-state index is -4.98. The van der Waals surface area contributed by atoms with Crippen molar-refractivity contribution in [2.45, 2.75) is 13.3 Å². The molecule has 0 bridgehead atoms. The number of piperazine rings is 1. The number of pyridine rings is 1. The minimum Gasteiger partial charge on any atom is -0.404 e. The highest BCUT2D eigenvalue weighted by atomic mass is 32.1. The molecule has 1 aromatic carbocycles. The molecule has 3 heterocycles. The summed E-state index contributed by atoms with van der Waals surface area (Å²) in [6.45, 7) is 4.72. The molecule has 196 valence electrons. The van der Waals surface area contributed by atoms with Crippen molar-refractivity contribution >= 4 is 34.0 Å². The molecule has 1 aliphatic rings. The summed E-state index contributed by atoms with van der Waals surface area (Å²) in [6.07, 6.45) is -3.36. The molecule has 0 atom stereocenters. The Labute approximate surface area is 214 Å². The lowest BCUT2D eigenvalue weighted by Gasteiger charge is -2.31. The molecule has 1 saturated heterocycles. The van der Waals surface area contributed by atoms with Gasteiger partial charge in [-0.3, -0.25) is 24.8 Å². The van der Waals surface area contributed by atoms with Crippen LogP contribution in [-0.4, -0.2) is 82.9 Å². The quantitative estimate of drug-likeness (QED) is 0.474. The van der Waals surface area contributed by atoms with Crippen LogP contribution in [0.5, 0.6) is 5.75 Å². The molecule has 3 aromatic rings. The van der Waals surface area contributed by atoms with Gasteiger partial charge in [-0.05, 0) is 43.8 Å². The topological polar surface area (TPSA) is 113 Å². The number of amides is 2. The third kappa shape index (κ3) is 7.21. The Morgan fingerprint density at radius 3 is 2.57 bits per heavy atom. The van der Waals surface area contributed by atoms with Gasteiger partial charge in [0.1, 0.15) is 5.69 Å². The van der Waals surface area contributed by atoms with Gasteiger partial charge in [-0.2, -0.15) is 0 Å². The fourth-order valence-corrected chi connectivity index (χ4v) is 4.43. The van der Waals surface area contributed by atoms with E-state index in [0.29, 0.717) is 23.8 Å². The molecule has 0 saturated carbocycles. The molecule has 14 heteroatoms. The molecule has 2 amide bonds. The Balaban J connectivity index is 1.49. The van der Waals surface area contributed by atoms with Crippen molar-refractivity contribution in [3.63, 3.8) is 0 Å². The first-order chi connectivity index (χ1) is 17.6. The number of halogens is 3. The average molecular weight is 536 g/mol. The standard InChI is InChI=1S/C23H24F3N7O3S/c1-14-4-3-7-27-19(14)21-30-31-22(37-21)29-20(35)15-5-6-17(36-23(24,25)26)16(12-15)28-18(34)13-33-10-8-32(2)9-11-33/h3-7,12H,8-11,13H2,1-2H3,(H,28,34)(H,29,31,35). The van der Waals surface area contributed by atoms with Gasteiger partial charge in [0.25, 0.3) is 5.91 Å². The number of rotatable bonds is 7. The lowest BCUT2D eigenvalue weighted by atomic mass is 10.1.